The van der Waals surface area contributed by atoms with Crippen molar-refractivity contribution in [2.24, 2.45) is 0 Å². The first-order valence-corrected chi connectivity index (χ1v) is 11.8. The molecule has 0 spiro atoms. The fourth-order valence-corrected chi connectivity index (χ4v) is 7.02. The second-order valence-corrected chi connectivity index (χ2v) is 10.9. The quantitative estimate of drug-likeness (QED) is 0.296. The summed E-state index contributed by atoms with van der Waals surface area (Å²) in [5.41, 5.74) is 0.888. The number of ether oxygens (including phenoxy) is 3. The molecule has 1 aliphatic heterocycles. The number of hydrogen-bond donors (Lipinski definition) is 0. The summed E-state index contributed by atoms with van der Waals surface area (Å²) in [6.45, 7) is 1.97. The lowest BCUT2D eigenvalue weighted by atomic mass is 10.1. The predicted octanol–water partition coefficient (Wildman–Crippen LogP) is 5.80. The third kappa shape index (κ3) is 3.66. The Balaban J connectivity index is 1.41. The molecule has 1 atom stereocenters. The third-order valence-corrected chi connectivity index (χ3v) is 9.37. The summed E-state index contributed by atoms with van der Waals surface area (Å²) in [7, 11) is -2.69. The molecule has 0 N–H and O–H groups in total. The van der Waals surface area contributed by atoms with Crippen molar-refractivity contribution >= 4 is 13.1 Å². The van der Waals surface area contributed by atoms with Gasteiger partial charge in [-0.3, -0.25) is 14.7 Å². The Morgan fingerprint density at radius 2 is 1.77 bits per heavy atom. The van der Waals surface area contributed by atoms with E-state index in [0.29, 0.717) is 22.8 Å². The minimum atomic E-state index is -2.69. The lowest BCUT2D eigenvalue weighted by molar-refractivity contribution is -0.385. The molecule has 5 rings (SSSR count). The highest BCUT2D eigenvalue weighted by Gasteiger charge is 2.52. The van der Waals surface area contributed by atoms with Crippen LogP contribution in [-0.4, -0.2) is 23.0 Å². The van der Waals surface area contributed by atoms with E-state index in [9.17, 15) is 14.7 Å². The minimum Gasteiger partial charge on any atom is -0.454 e. The maximum absolute atomic E-state index is 13.4. The van der Waals surface area contributed by atoms with E-state index in [1.807, 2.05) is 6.92 Å². The molecule has 158 valence electrons. The normalized spacial score (nSPS) is 18.8. The van der Waals surface area contributed by atoms with Gasteiger partial charge in [-0.1, -0.05) is 0 Å². The van der Waals surface area contributed by atoms with Gasteiger partial charge in [0.15, 0.2) is 11.5 Å². The van der Waals surface area contributed by atoms with Crippen molar-refractivity contribution in [3.63, 3.8) is 0 Å². The molecule has 0 amide bonds. The highest BCUT2D eigenvalue weighted by molar-refractivity contribution is 7.61. The van der Waals surface area contributed by atoms with Crippen LogP contribution in [0.2, 0.25) is 0 Å². The lowest BCUT2D eigenvalue weighted by Crippen LogP contribution is -2.06. The first kappa shape index (κ1) is 19.4. The number of nitro groups is 1. The summed E-state index contributed by atoms with van der Waals surface area (Å²) in [5.74, 6) is 1.62. The minimum absolute atomic E-state index is 0.0968. The first-order chi connectivity index (χ1) is 14.4. The summed E-state index contributed by atoms with van der Waals surface area (Å²) in [4.78, 5) is 11.0. The average Bonchev–Trinajstić information content (AvgIpc) is 3.64. The maximum Gasteiger partial charge on any atom is 0.311 e. The SMILES string of the molecule is CC(OP(=O)(C1CC1)C1CC1)c1ccc([N+](=O)[O-])c(Oc2ccc3c(c2)OCO3)c1. The van der Waals surface area contributed by atoms with Crippen LogP contribution in [0, 0.1) is 10.1 Å². The van der Waals surface area contributed by atoms with Gasteiger partial charge in [-0.05, 0) is 62.4 Å². The molecule has 30 heavy (non-hydrogen) atoms. The molecule has 0 saturated heterocycles. The number of benzene rings is 2. The van der Waals surface area contributed by atoms with Gasteiger partial charge in [-0.25, -0.2) is 0 Å². The molecule has 9 heteroatoms. The van der Waals surface area contributed by atoms with Gasteiger partial charge in [0.05, 0.1) is 11.0 Å². The molecular formula is C21H22NO7P. The van der Waals surface area contributed by atoms with Crippen molar-refractivity contribution in [1.82, 2.24) is 0 Å². The van der Waals surface area contributed by atoms with Crippen LogP contribution in [0.1, 0.15) is 44.3 Å². The molecular weight excluding hydrogens is 409 g/mol. The summed E-state index contributed by atoms with van der Waals surface area (Å²) in [5, 5.41) is 11.5. The van der Waals surface area contributed by atoms with Gasteiger partial charge < -0.3 is 18.7 Å². The molecule has 2 fully saturated rings. The van der Waals surface area contributed by atoms with Crippen molar-refractivity contribution in [3.8, 4) is 23.0 Å². The molecule has 2 aliphatic carbocycles. The van der Waals surface area contributed by atoms with E-state index < -0.39 is 18.4 Å². The number of rotatable bonds is 8. The number of hydrogen-bond acceptors (Lipinski definition) is 7. The van der Waals surface area contributed by atoms with Crippen molar-refractivity contribution in [2.45, 2.75) is 50.0 Å². The van der Waals surface area contributed by atoms with Crippen LogP contribution in [0.25, 0.3) is 0 Å². The van der Waals surface area contributed by atoms with Crippen LogP contribution < -0.4 is 14.2 Å². The van der Waals surface area contributed by atoms with Crippen LogP contribution in [-0.2, 0) is 9.09 Å². The molecule has 2 saturated carbocycles. The Morgan fingerprint density at radius 1 is 1.07 bits per heavy atom. The van der Waals surface area contributed by atoms with E-state index in [4.69, 9.17) is 18.7 Å². The molecule has 0 bridgehead atoms. The molecule has 8 nitrogen and oxygen atoms in total. The van der Waals surface area contributed by atoms with Gasteiger partial charge in [-0.15, -0.1) is 0 Å². The predicted molar refractivity (Wildman–Crippen MR) is 109 cm³/mol. The van der Waals surface area contributed by atoms with Crippen LogP contribution in [0.3, 0.4) is 0 Å². The number of nitro benzene ring substituents is 1. The summed E-state index contributed by atoms with van der Waals surface area (Å²) >= 11 is 0. The van der Waals surface area contributed by atoms with Gasteiger partial charge >= 0.3 is 5.69 Å². The molecule has 0 radical (unpaired) electrons. The standard InChI is InChI=1S/C21H22NO7P/c1-13(29-30(25,16-4-5-16)17-6-7-17)14-2-8-18(22(23)24)20(10-14)28-15-3-9-19-21(11-15)27-12-26-19/h2-3,8-11,13,16-17H,4-7,12H2,1H3. The molecule has 1 heterocycles. The van der Waals surface area contributed by atoms with E-state index in [1.54, 1.807) is 30.3 Å². The fraction of sp³-hybridized carbons (Fsp3) is 0.429. The average molecular weight is 431 g/mol. The smallest absolute Gasteiger partial charge is 0.311 e. The summed E-state index contributed by atoms with van der Waals surface area (Å²) in [6, 6.07) is 9.62. The first-order valence-electron chi connectivity index (χ1n) is 10.1. The Bertz CT molecular complexity index is 1030. The van der Waals surface area contributed by atoms with Crippen molar-refractivity contribution in [3.05, 3.63) is 52.1 Å². The largest absolute Gasteiger partial charge is 0.454 e. The van der Waals surface area contributed by atoms with Gasteiger partial charge in [0.2, 0.25) is 19.9 Å². The summed E-state index contributed by atoms with van der Waals surface area (Å²) < 4.78 is 36.0. The van der Waals surface area contributed by atoms with Crippen LogP contribution >= 0.6 is 7.37 Å². The Morgan fingerprint density at radius 3 is 2.43 bits per heavy atom. The van der Waals surface area contributed by atoms with E-state index in [-0.39, 0.29) is 29.5 Å². The second kappa shape index (κ2) is 7.29. The lowest BCUT2D eigenvalue weighted by Gasteiger charge is -2.23. The van der Waals surface area contributed by atoms with Gasteiger partial charge in [0, 0.05) is 23.5 Å². The highest BCUT2D eigenvalue weighted by Crippen LogP contribution is 2.72. The topological polar surface area (TPSA) is 97.1 Å². The highest BCUT2D eigenvalue weighted by atomic mass is 31.2. The zero-order chi connectivity index (χ0) is 20.9. The van der Waals surface area contributed by atoms with Gasteiger partial charge in [0.1, 0.15) is 5.75 Å². The monoisotopic (exact) mass is 431 g/mol. The molecule has 0 aromatic heterocycles. The fourth-order valence-electron chi connectivity index (χ4n) is 3.73. The van der Waals surface area contributed by atoms with Gasteiger partial charge in [-0.2, -0.15) is 0 Å². The van der Waals surface area contributed by atoms with E-state index in [0.717, 1.165) is 25.7 Å². The molecule has 3 aliphatic rings. The van der Waals surface area contributed by atoms with Crippen molar-refractivity contribution in [2.75, 3.05) is 6.79 Å². The van der Waals surface area contributed by atoms with Crippen LogP contribution in [0.4, 0.5) is 5.69 Å². The maximum atomic E-state index is 13.4. The zero-order valence-electron chi connectivity index (χ0n) is 16.5. The van der Waals surface area contributed by atoms with Crippen molar-refractivity contribution < 1.29 is 28.2 Å². The summed E-state index contributed by atoms with van der Waals surface area (Å²) in [6.07, 6.45) is 3.38. The van der Waals surface area contributed by atoms with Crippen LogP contribution in [0.15, 0.2) is 36.4 Å². The number of nitrogens with zero attached hydrogens (tertiary/aromatic N) is 1. The van der Waals surface area contributed by atoms with Crippen molar-refractivity contribution in [1.29, 1.82) is 0 Å². The molecule has 1 unspecified atom stereocenters. The van der Waals surface area contributed by atoms with E-state index in [2.05, 4.69) is 0 Å². The second-order valence-electron chi connectivity index (χ2n) is 7.96. The van der Waals surface area contributed by atoms with Gasteiger partial charge in [0.25, 0.3) is 0 Å². The molecule has 2 aromatic carbocycles. The number of fused-ring (bicyclic) bond motifs is 1. The Labute approximate surface area is 173 Å². The van der Waals surface area contributed by atoms with Crippen LogP contribution in [0.5, 0.6) is 23.0 Å². The zero-order valence-corrected chi connectivity index (χ0v) is 17.4. The Kier molecular flexibility index (Phi) is 4.71. The Hall–Kier alpha value is -2.57. The third-order valence-electron chi connectivity index (χ3n) is 5.66. The van der Waals surface area contributed by atoms with E-state index >= 15 is 0 Å². The molecule has 2 aromatic rings. The van der Waals surface area contributed by atoms with E-state index in [1.165, 1.54) is 6.07 Å².